The van der Waals surface area contributed by atoms with Crippen molar-refractivity contribution < 1.29 is 54.3 Å². The molecule has 3 fully saturated rings. The molecule has 3 aliphatic heterocycles. The Bertz CT molecular complexity index is 3310. The molecular weight excluding hydrogens is 1020 g/mol. The fourth-order valence-corrected chi connectivity index (χ4v) is 12.9. The molecule has 73 heavy (non-hydrogen) atoms. The molecule has 6 aromatic heterocycles. The molecule has 3 aliphatic carbocycles. The van der Waals surface area contributed by atoms with E-state index in [1.807, 2.05) is 36.8 Å². The Morgan fingerprint density at radius 2 is 0.863 bits per heavy atom. The third kappa shape index (κ3) is 11.7. The minimum atomic E-state index is -3.19. The Labute approximate surface area is 429 Å². The van der Waals surface area contributed by atoms with E-state index in [9.17, 15) is 40.3 Å². The van der Waals surface area contributed by atoms with E-state index in [1.54, 1.807) is 50.4 Å². The number of hydrogen-bond acceptors (Lipinski definition) is 16. The summed E-state index contributed by atoms with van der Waals surface area (Å²) < 4.78 is 83.1. The lowest BCUT2D eigenvalue weighted by atomic mass is 9.66. The third-order valence-electron chi connectivity index (χ3n) is 14.4. The van der Waals surface area contributed by atoms with Crippen LogP contribution in [-0.2, 0) is 28.7 Å². The summed E-state index contributed by atoms with van der Waals surface area (Å²) in [6.45, 7) is 4.87. The normalized spacial score (nSPS) is 23.0. The van der Waals surface area contributed by atoms with Crippen LogP contribution in [0, 0.1) is 29.6 Å². The van der Waals surface area contributed by atoms with Crippen LogP contribution in [0.2, 0.25) is 0 Å². The molecule has 386 valence electrons. The second-order valence-corrected chi connectivity index (χ2v) is 27.2. The van der Waals surface area contributed by atoms with Crippen molar-refractivity contribution in [1.82, 2.24) is 29.9 Å². The van der Waals surface area contributed by atoms with Gasteiger partial charge in [-0.15, -0.1) is 0 Å². The van der Waals surface area contributed by atoms with Gasteiger partial charge in [-0.2, -0.15) is 0 Å². The quantitative estimate of drug-likeness (QED) is 0.0676. The molecule has 6 aliphatic rings. The van der Waals surface area contributed by atoms with Crippen LogP contribution in [0.15, 0.2) is 73.3 Å². The van der Waals surface area contributed by atoms with Crippen molar-refractivity contribution in [1.29, 1.82) is 0 Å². The van der Waals surface area contributed by atoms with Crippen molar-refractivity contribution in [3.8, 4) is 17.2 Å². The van der Waals surface area contributed by atoms with Crippen molar-refractivity contribution >= 4 is 111 Å². The average Bonchev–Trinajstić information content (AvgIpc) is 4.12. The summed E-state index contributed by atoms with van der Waals surface area (Å²) in [7, 11) is -7.23. The molecule has 9 heterocycles. The molecule has 12 rings (SSSR count). The van der Waals surface area contributed by atoms with Gasteiger partial charge in [-0.3, -0.25) is 0 Å². The van der Waals surface area contributed by atoms with Crippen molar-refractivity contribution in [2.75, 3.05) is 28.8 Å². The fourth-order valence-electron chi connectivity index (χ4n) is 10.5. The maximum Gasteiger partial charge on any atom is 0.552 e. The molecule has 0 spiro atoms. The largest absolute Gasteiger partial charge is 0.552 e. The zero-order valence-corrected chi connectivity index (χ0v) is 43.6. The van der Waals surface area contributed by atoms with Crippen LogP contribution in [0.4, 0.5) is 0 Å². The molecule has 26 heteroatoms. The van der Waals surface area contributed by atoms with Gasteiger partial charge in [-0.05, 0) is 121 Å². The Kier molecular flexibility index (Phi) is 15.3. The summed E-state index contributed by atoms with van der Waals surface area (Å²) in [5, 5.41) is 32.7. The van der Waals surface area contributed by atoms with Gasteiger partial charge in [0.15, 0.2) is 0 Å². The number of pyridine rings is 3. The summed E-state index contributed by atoms with van der Waals surface area (Å²) in [5.74, 6) is 9.32. The fraction of sp³-hybridized carbons (Fsp3) is 0.426. The van der Waals surface area contributed by atoms with Crippen molar-refractivity contribution in [3.63, 3.8) is 0 Å². The number of nitrogens with two attached hydrogens (primary N) is 1. The molecule has 0 radical (unpaired) electrons. The third-order valence-corrected chi connectivity index (χ3v) is 19.5. The number of rotatable bonds is 10. The van der Waals surface area contributed by atoms with Crippen LogP contribution in [-0.4, -0.2) is 126 Å². The first-order valence-corrected chi connectivity index (χ1v) is 30.5. The van der Waals surface area contributed by atoms with Crippen LogP contribution in [0.1, 0.15) is 76.0 Å². The van der Waals surface area contributed by atoms with E-state index in [-0.39, 0.29) is 58.5 Å². The lowest BCUT2D eigenvalue weighted by Crippen LogP contribution is -2.38. The lowest BCUT2D eigenvalue weighted by Gasteiger charge is -2.38. The second kappa shape index (κ2) is 21.2. The molecule has 6 aromatic rings. The summed E-state index contributed by atoms with van der Waals surface area (Å²) in [4.78, 5) is 22.2. The highest BCUT2D eigenvalue weighted by atomic mass is 35.7. The highest BCUT2D eigenvalue weighted by Crippen LogP contribution is 2.50. The molecule has 0 amide bonds. The summed E-state index contributed by atoms with van der Waals surface area (Å²) in [6, 6.07) is 6.17. The van der Waals surface area contributed by atoms with Crippen LogP contribution in [0.25, 0.3) is 49.8 Å². The molecule has 0 aromatic carbocycles. The topological polar surface area (TPSA) is 303 Å². The molecular formula is C47H57B3ClN7O12S3. The Morgan fingerprint density at radius 3 is 1.14 bits per heavy atom. The van der Waals surface area contributed by atoms with Gasteiger partial charge < -0.3 is 49.7 Å². The highest BCUT2D eigenvalue weighted by molar-refractivity contribution is 8.13. The Hall–Kier alpha value is -5.14. The van der Waals surface area contributed by atoms with E-state index >= 15 is 0 Å². The predicted molar refractivity (Wildman–Crippen MR) is 285 cm³/mol. The zero-order chi connectivity index (χ0) is 52.0. The molecule has 0 bridgehead atoms. The van der Waals surface area contributed by atoms with E-state index < -0.39 is 50.1 Å². The standard InChI is InChI=1S/2C16H19BN2O4S.C13H14BN3O2.C2H5ClO2S/c2*1-2-24(21,22)9-10-5-11(6-10)13-7-17(20)23-14-8-19-16-12(15(13)14)3-4-18-16;15-8-3-7(4-8)10-5-14(18)19-11-6-17-13-9(12(10)11)1-2-16-13;1-2-6(3,4)5/h2*3-4,7-8,10-11,20H,2,5-6,9H2,1H3,(H,18,19);1-2,5-8,18H,3-4,15H2,(H,16,17);2H2,1H3. The zero-order valence-electron chi connectivity index (χ0n) is 40.4. The minimum absolute atomic E-state index is 0.00849. The summed E-state index contributed by atoms with van der Waals surface area (Å²) in [6.07, 6.45) is 15.7. The van der Waals surface area contributed by atoms with Gasteiger partial charge in [0.2, 0.25) is 9.05 Å². The number of sulfone groups is 2. The van der Waals surface area contributed by atoms with E-state index in [2.05, 4.69) is 40.6 Å². The maximum atomic E-state index is 11.8. The second-order valence-electron chi connectivity index (χ2n) is 19.3. The number of aromatic nitrogens is 6. The van der Waals surface area contributed by atoms with Gasteiger partial charge in [0.1, 0.15) is 53.9 Å². The number of nitrogens with one attached hydrogen (secondary N) is 3. The van der Waals surface area contributed by atoms with Crippen molar-refractivity contribution in [2.45, 2.75) is 65.3 Å². The molecule has 19 nitrogen and oxygen atoms in total. The van der Waals surface area contributed by atoms with Crippen molar-refractivity contribution in [3.05, 3.63) is 90.0 Å². The first-order valence-electron chi connectivity index (χ1n) is 24.4. The monoisotopic (exact) mass is 1080 g/mol. The lowest BCUT2D eigenvalue weighted by molar-refractivity contribution is 0.273. The predicted octanol–water partition coefficient (Wildman–Crippen LogP) is 5.31. The Balaban J connectivity index is 0.000000128. The minimum Gasteiger partial charge on any atom is -0.531 e. The van der Waals surface area contributed by atoms with Crippen LogP contribution >= 0.6 is 10.7 Å². The number of hydrogen-bond donors (Lipinski definition) is 7. The molecule has 8 N–H and O–H groups in total. The smallest absolute Gasteiger partial charge is 0.531 e. The van der Waals surface area contributed by atoms with Crippen LogP contribution < -0.4 is 19.7 Å². The first-order chi connectivity index (χ1) is 34.7. The van der Waals surface area contributed by atoms with E-state index in [4.69, 9.17) is 19.7 Å². The number of fused-ring (bicyclic) bond motifs is 9. The highest BCUT2D eigenvalue weighted by Gasteiger charge is 2.41. The number of halogens is 1. The first kappa shape index (κ1) is 52.7. The van der Waals surface area contributed by atoms with E-state index in [1.165, 1.54) is 6.92 Å². The number of allylic oxidation sites excluding steroid dienone is 3. The average molecular weight is 1080 g/mol. The molecule has 0 atom stereocenters. The number of H-pyrrole nitrogens is 3. The Morgan fingerprint density at radius 1 is 0.562 bits per heavy atom. The molecule has 0 unspecified atom stereocenters. The van der Waals surface area contributed by atoms with Crippen molar-refractivity contribution in [2.24, 2.45) is 35.3 Å². The molecule has 3 saturated carbocycles. The summed E-state index contributed by atoms with van der Waals surface area (Å²) in [5.41, 5.74) is 14.5. The molecule has 0 saturated heterocycles. The van der Waals surface area contributed by atoms with Gasteiger partial charge in [0.05, 0.1) is 35.8 Å². The maximum absolute atomic E-state index is 11.8. The number of nitrogens with zero attached hydrogens (tertiary/aromatic N) is 3. The summed E-state index contributed by atoms with van der Waals surface area (Å²) >= 11 is 0. The van der Waals surface area contributed by atoms with Gasteiger partial charge in [0.25, 0.3) is 0 Å². The van der Waals surface area contributed by atoms with E-state index in [0.717, 1.165) is 105 Å². The van der Waals surface area contributed by atoms with E-state index in [0.29, 0.717) is 23.2 Å². The SMILES string of the molecule is CCS(=O)(=O)CC1CC(C2=CB(O)Oc3cnc4[nH]ccc4c32)C1.CCS(=O)(=O)CC1CC(C2=CB(O)Oc3cnc4[nH]ccc4c32)C1.CCS(=O)(=O)Cl.NC1CC(C2=CB(O)Oc3cnc4[nH]ccc4c32)C1. The van der Waals surface area contributed by atoms with Crippen LogP contribution in [0.3, 0.4) is 0 Å². The van der Waals surface area contributed by atoms with Gasteiger partial charge in [0, 0.05) is 79.7 Å². The van der Waals surface area contributed by atoms with Crippen LogP contribution in [0.5, 0.6) is 17.2 Å². The van der Waals surface area contributed by atoms with Gasteiger partial charge >= 0.3 is 21.4 Å². The number of aromatic amines is 3. The van der Waals surface area contributed by atoms with Gasteiger partial charge in [-0.25, -0.2) is 40.2 Å². The van der Waals surface area contributed by atoms with Gasteiger partial charge in [-0.1, -0.05) is 20.8 Å².